The summed E-state index contributed by atoms with van der Waals surface area (Å²) < 4.78 is 1.82. The van der Waals surface area contributed by atoms with E-state index in [4.69, 9.17) is 22.6 Å². The lowest BCUT2D eigenvalue weighted by molar-refractivity contribution is 0.536. The molecule has 0 fully saturated rings. The predicted molar refractivity (Wildman–Crippen MR) is 81.2 cm³/mol. The molecule has 0 atom stereocenters. The third kappa shape index (κ3) is 2.56. The maximum absolute atomic E-state index is 8.84. The van der Waals surface area contributed by atoms with Crippen molar-refractivity contribution in [1.82, 2.24) is 9.78 Å². The Hall–Kier alpha value is -2.19. The van der Waals surface area contributed by atoms with Gasteiger partial charge in [-0.15, -0.1) is 0 Å². The van der Waals surface area contributed by atoms with Crippen molar-refractivity contribution in [2.24, 2.45) is 0 Å². The summed E-state index contributed by atoms with van der Waals surface area (Å²) in [4.78, 5) is 0. The molecule has 2 rings (SSSR count). The summed E-state index contributed by atoms with van der Waals surface area (Å²) in [6, 6.07) is 7.29. The van der Waals surface area contributed by atoms with Crippen LogP contribution >= 0.6 is 11.6 Å². The number of hydrogen-bond donors (Lipinski definition) is 2. The van der Waals surface area contributed by atoms with Crippen LogP contribution in [0.1, 0.15) is 31.1 Å². The standard InChI is InChI=1S/C14H16ClN5/c1-8(2)20-14(13(17)9(3)19-20)18-12-5-4-10(7-16)6-11(12)15/h4-6,8,18H,17H2,1-3H3. The lowest BCUT2D eigenvalue weighted by atomic mass is 10.2. The number of nitrogens with two attached hydrogens (primary N) is 1. The monoisotopic (exact) mass is 289 g/mol. The van der Waals surface area contributed by atoms with E-state index >= 15 is 0 Å². The minimum Gasteiger partial charge on any atom is -0.394 e. The summed E-state index contributed by atoms with van der Waals surface area (Å²) >= 11 is 6.17. The molecule has 0 saturated carbocycles. The number of nitriles is 1. The molecular weight excluding hydrogens is 274 g/mol. The Morgan fingerprint density at radius 1 is 1.45 bits per heavy atom. The highest BCUT2D eigenvalue weighted by Crippen LogP contribution is 2.32. The van der Waals surface area contributed by atoms with Gasteiger partial charge in [-0.2, -0.15) is 10.4 Å². The first kappa shape index (κ1) is 14.2. The van der Waals surface area contributed by atoms with E-state index in [1.807, 2.05) is 31.5 Å². The van der Waals surface area contributed by atoms with Crippen LogP contribution in [0.3, 0.4) is 0 Å². The van der Waals surface area contributed by atoms with Crippen LogP contribution in [0.25, 0.3) is 0 Å². The van der Waals surface area contributed by atoms with Crippen molar-refractivity contribution in [2.75, 3.05) is 11.1 Å². The molecular formula is C14H16ClN5. The maximum Gasteiger partial charge on any atom is 0.152 e. The molecule has 0 amide bonds. The summed E-state index contributed by atoms with van der Waals surface area (Å²) in [6.07, 6.45) is 0. The molecule has 0 bridgehead atoms. The highest BCUT2D eigenvalue weighted by atomic mass is 35.5. The maximum atomic E-state index is 8.84. The lowest BCUT2D eigenvalue weighted by Gasteiger charge is -2.14. The van der Waals surface area contributed by atoms with Gasteiger partial charge in [-0.3, -0.25) is 0 Å². The zero-order valence-corrected chi connectivity index (χ0v) is 12.4. The topological polar surface area (TPSA) is 79.7 Å². The average molecular weight is 290 g/mol. The van der Waals surface area contributed by atoms with Gasteiger partial charge >= 0.3 is 0 Å². The normalized spacial score (nSPS) is 10.6. The second kappa shape index (κ2) is 5.43. The Bertz CT molecular complexity index is 682. The van der Waals surface area contributed by atoms with E-state index < -0.39 is 0 Å². The van der Waals surface area contributed by atoms with E-state index in [0.29, 0.717) is 27.8 Å². The van der Waals surface area contributed by atoms with E-state index in [1.54, 1.807) is 18.2 Å². The SMILES string of the molecule is Cc1nn(C(C)C)c(Nc2ccc(C#N)cc2Cl)c1N. The molecule has 20 heavy (non-hydrogen) atoms. The van der Waals surface area contributed by atoms with Gasteiger partial charge in [0.2, 0.25) is 0 Å². The van der Waals surface area contributed by atoms with Crippen LogP contribution in [0.4, 0.5) is 17.2 Å². The van der Waals surface area contributed by atoms with Crippen molar-refractivity contribution in [2.45, 2.75) is 26.8 Å². The lowest BCUT2D eigenvalue weighted by Crippen LogP contribution is -2.08. The number of rotatable bonds is 3. The van der Waals surface area contributed by atoms with E-state index in [0.717, 1.165) is 5.69 Å². The predicted octanol–water partition coefficient (Wildman–Crippen LogP) is 3.62. The summed E-state index contributed by atoms with van der Waals surface area (Å²) in [7, 11) is 0. The number of aromatic nitrogens is 2. The fourth-order valence-corrected chi connectivity index (χ4v) is 2.10. The van der Waals surface area contributed by atoms with Gasteiger partial charge in [0.25, 0.3) is 0 Å². The molecule has 0 spiro atoms. The molecule has 104 valence electrons. The highest BCUT2D eigenvalue weighted by Gasteiger charge is 2.15. The van der Waals surface area contributed by atoms with Gasteiger partial charge in [0.15, 0.2) is 5.82 Å². The molecule has 0 radical (unpaired) electrons. The molecule has 6 heteroatoms. The highest BCUT2D eigenvalue weighted by molar-refractivity contribution is 6.33. The number of nitrogens with one attached hydrogen (secondary N) is 1. The number of aryl methyl sites for hydroxylation is 1. The minimum atomic E-state index is 0.172. The van der Waals surface area contributed by atoms with Crippen LogP contribution in [0.15, 0.2) is 18.2 Å². The van der Waals surface area contributed by atoms with E-state index in [-0.39, 0.29) is 6.04 Å². The van der Waals surface area contributed by atoms with Crippen molar-refractivity contribution in [3.05, 3.63) is 34.5 Å². The molecule has 1 aromatic heterocycles. The Labute approximate surface area is 123 Å². The van der Waals surface area contributed by atoms with Crippen molar-refractivity contribution in [1.29, 1.82) is 5.26 Å². The number of benzene rings is 1. The zero-order valence-electron chi connectivity index (χ0n) is 11.6. The smallest absolute Gasteiger partial charge is 0.152 e. The van der Waals surface area contributed by atoms with Crippen molar-refractivity contribution >= 4 is 28.8 Å². The molecule has 5 nitrogen and oxygen atoms in total. The fourth-order valence-electron chi connectivity index (χ4n) is 1.87. The molecule has 0 aliphatic heterocycles. The number of halogens is 1. The van der Waals surface area contributed by atoms with Crippen LogP contribution in [0.2, 0.25) is 5.02 Å². The minimum absolute atomic E-state index is 0.172. The number of hydrogen-bond acceptors (Lipinski definition) is 4. The van der Waals surface area contributed by atoms with E-state index in [1.165, 1.54) is 0 Å². The first-order valence-electron chi connectivity index (χ1n) is 6.25. The van der Waals surface area contributed by atoms with Crippen LogP contribution < -0.4 is 11.1 Å². The van der Waals surface area contributed by atoms with Crippen molar-refractivity contribution in [3.63, 3.8) is 0 Å². The number of anilines is 3. The third-order valence-corrected chi connectivity index (χ3v) is 3.28. The quantitative estimate of drug-likeness (QED) is 0.904. The van der Waals surface area contributed by atoms with Crippen LogP contribution in [-0.4, -0.2) is 9.78 Å². The Morgan fingerprint density at radius 2 is 2.15 bits per heavy atom. The summed E-state index contributed by atoms with van der Waals surface area (Å²) in [5, 5.41) is 16.9. The number of nitrogen functional groups attached to an aromatic ring is 1. The molecule has 0 unspecified atom stereocenters. The van der Waals surface area contributed by atoms with Gasteiger partial charge in [-0.1, -0.05) is 11.6 Å². The van der Waals surface area contributed by atoms with Gasteiger partial charge in [-0.25, -0.2) is 4.68 Å². The largest absolute Gasteiger partial charge is 0.394 e. The van der Waals surface area contributed by atoms with Gasteiger partial charge in [0.05, 0.1) is 33.7 Å². The van der Waals surface area contributed by atoms with Crippen LogP contribution in [0.5, 0.6) is 0 Å². The summed E-state index contributed by atoms with van der Waals surface area (Å²) in [5.41, 5.74) is 8.63. The fraction of sp³-hybridized carbons (Fsp3) is 0.286. The zero-order chi connectivity index (χ0) is 14.9. The second-order valence-electron chi connectivity index (χ2n) is 4.82. The summed E-state index contributed by atoms with van der Waals surface area (Å²) in [5.74, 6) is 0.712. The van der Waals surface area contributed by atoms with Gasteiger partial charge in [0, 0.05) is 6.04 Å². The Balaban J connectivity index is 2.43. The van der Waals surface area contributed by atoms with Crippen molar-refractivity contribution in [3.8, 4) is 6.07 Å². The van der Waals surface area contributed by atoms with E-state index in [9.17, 15) is 0 Å². The van der Waals surface area contributed by atoms with E-state index in [2.05, 4.69) is 10.4 Å². The van der Waals surface area contributed by atoms with Crippen LogP contribution in [0, 0.1) is 18.3 Å². The first-order valence-corrected chi connectivity index (χ1v) is 6.63. The molecule has 2 aromatic rings. The number of nitrogens with zero attached hydrogens (tertiary/aromatic N) is 3. The third-order valence-electron chi connectivity index (χ3n) is 2.97. The van der Waals surface area contributed by atoms with Crippen LogP contribution in [-0.2, 0) is 0 Å². The molecule has 0 aliphatic rings. The Kier molecular flexibility index (Phi) is 3.86. The molecule has 0 saturated heterocycles. The van der Waals surface area contributed by atoms with Crippen molar-refractivity contribution < 1.29 is 0 Å². The van der Waals surface area contributed by atoms with Gasteiger partial charge in [-0.05, 0) is 39.0 Å². The van der Waals surface area contributed by atoms with Gasteiger partial charge in [0.1, 0.15) is 0 Å². The van der Waals surface area contributed by atoms with Gasteiger partial charge < -0.3 is 11.1 Å². The second-order valence-corrected chi connectivity index (χ2v) is 5.22. The first-order chi connectivity index (χ1) is 9.43. The average Bonchev–Trinajstić information content (AvgIpc) is 2.69. The molecule has 1 heterocycles. The molecule has 3 N–H and O–H groups in total. The summed E-state index contributed by atoms with van der Waals surface area (Å²) in [6.45, 7) is 5.91. The Morgan fingerprint density at radius 3 is 2.70 bits per heavy atom. The molecule has 1 aromatic carbocycles. The molecule has 0 aliphatic carbocycles.